The molecular weight excluding hydrogens is 565 g/mol. The fourth-order valence-corrected chi connectivity index (χ4v) is 8.05. The van der Waals surface area contributed by atoms with E-state index in [2.05, 4.69) is 15.2 Å². The first-order chi connectivity index (χ1) is 20.1. The van der Waals surface area contributed by atoms with Crippen LogP contribution in [0.25, 0.3) is 16.4 Å². The highest BCUT2D eigenvalue weighted by atomic mass is 32.2. The Morgan fingerprint density at radius 2 is 1.90 bits per heavy atom. The number of allylic oxidation sites excluding steroid dienone is 3. The van der Waals surface area contributed by atoms with Gasteiger partial charge in [0.2, 0.25) is 11.8 Å². The number of aliphatic imine (C=N–C) groups is 1. The summed E-state index contributed by atoms with van der Waals surface area (Å²) in [7, 11) is 0. The molecule has 1 amide bonds. The van der Waals surface area contributed by atoms with Crippen LogP contribution in [0.5, 0.6) is 0 Å². The minimum Gasteiger partial charge on any atom is -0.421 e. The molecule has 2 aromatic heterocycles. The number of benzene rings is 1. The third-order valence-corrected chi connectivity index (χ3v) is 9.99. The maximum absolute atomic E-state index is 13.9. The standard InChI is InChI=1S/C30H27F3N6O2S/c1-3-10-39-13-20-23(27(39)40)24(21-12-29-11-19(25(32)33)36-28(34)30(29,14-29)42-21)22(26-38-37-15(2)41-26)18(35-20)9-6-16-4-7-17(31)8-5-16/h4-5,7-8,11-12,25H,3,6,9-10,13-14H2,1-2H3,(H2,34,36). The quantitative estimate of drug-likeness (QED) is 0.370. The Morgan fingerprint density at radius 3 is 2.60 bits per heavy atom. The average Bonchev–Trinajstić information content (AvgIpc) is 3.20. The van der Waals surface area contributed by atoms with Crippen molar-refractivity contribution in [1.82, 2.24) is 20.1 Å². The topological polar surface area (TPSA) is 110 Å². The summed E-state index contributed by atoms with van der Waals surface area (Å²) in [6.45, 7) is 4.61. The molecule has 2 N–H and O–H groups in total. The van der Waals surface area contributed by atoms with Crippen LogP contribution in [-0.4, -0.2) is 49.5 Å². The van der Waals surface area contributed by atoms with Crippen molar-refractivity contribution in [2.45, 2.75) is 57.2 Å². The Bertz CT molecular complexity index is 1730. The number of nitrogens with two attached hydrogens (primary N) is 1. The number of carbonyl (C=O) groups is 1. The van der Waals surface area contributed by atoms with Gasteiger partial charge in [0.05, 0.1) is 33.8 Å². The second-order valence-electron chi connectivity index (χ2n) is 11.1. The van der Waals surface area contributed by atoms with E-state index in [0.29, 0.717) is 66.3 Å². The Morgan fingerprint density at radius 1 is 1.12 bits per heavy atom. The summed E-state index contributed by atoms with van der Waals surface area (Å²) >= 11 is 1.45. The molecule has 3 aromatic rings. The van der Waals surface area contributed by atoms with Crippen LogP contribution in [0.3, 0.4) is 0 Å². The van der Waals surface area contributed by atoms with E-state index in [9.17, 15) is 18.0 Å². The van der Waals surface area contributed by atoms with Crippen molar-refractivity contribution in [1.29, 1.82) is 0 Å². The lowest BCUT2D eigenvalue weighted by atomic mass is 9.92. The van der Waals surface area contributed by atoms with Crippen molar-refractivity contribution in [2.75, 3.05) is 6.54 Å². The fourth-order valence-electron chi connectivity index (χ4n) is 6.33. The Kier molecular flexibility index (Phi) is 6.12. The molecule has 3 aliphatic heterocycles. The van der Waals surface area contributed by atoms with Crippen LogP contribution in [0.4, 0.5) is 13.2 Å². The molecule has 12 heteroatoms. The largest absolute Gasteiger partial charge is 0.421 e. The summed E-state index contributed by atoms with van der Waals surface area (Å²) in [5.41, 5.74) is 9.11. The lowest BCUT2D eigenvalue weighted by Crippen LogP contribution is -2.34. The second-order valence-corrected chi connectivity index (χ2v) is 12.5. The smallest absolute Gasteiger partial charge is 0.280 e. The number of pyridine rings is 1. The summed E-state index contributed by atoms with van der Waals surface area (Å²) in [5.74, 6) is 0.265. The second kappa shape index (κ2) is 9.55. The van der Waals surface area contributed by atoms with Gasteiger partial charge in [-0.3, -0.25) is 9.78 Å². The molecule has 4 aliphatic rings. The van der Waals surface area contributed by atoms with Gasteiger partial charge >= 0.3 is 0 Å². The van der Waals surface area contributed by atoms with Crippen LogP contribution in [0.15, 0.2) is 51.5 Å². The van der Waals surface area contributed by atoms with E-state index in [4.69, 9.17) is 15.1 Å². The van der Waals surface area contributed by atoms with Gasteiger partial charge in [0.1, 0.15) is 17.3 Å². The first kappa shape index (κ1) is 26.9. The first-order valence-electron chi connectivity index (χ1n) is 13.8. The number of hydrogen-bond donors (Lipinski definition) is 1. The van der Waals surface area contributed by atoms with E-state index < -0.39 is 16.6 Å². The average molecular weight is 593 g/mol. The molecule has 1 saturated carbocycles. The van der Waals surface area contributed by atoms with E-state index in [0.717, 1.165) is 16.9 Å². The van der Waals surface area contributed by atoms with E-state index in [-0.39, 0.29) is 29.1 Å². The van der Waals surface area contributed by atoms with Gasteiger partial charge in [-0.2, -0.15) is 0 Å². The minimum absolute atomic E-state index is 0.151. The summed E-state index contributed by atoms with van der Waals surface area (Å²) in [6, 6.07) is 6.29. The van der Waals surface area contributed by atoms with Gasteiger partial charge in [-0.05, 0) is 49.5 Å². The number of hydrogen-bond acceptors (Lipinski definition) is 8. The summed E-state index contributed by atoms with van der Waals surface area (Å²) < 4.78 is 46.3. The maximum atomic E-state index is 13.9. The molecular formula is C30H27F3N6O2S. The van der Waals surface area contributed by atoms with Crippen LogP contribution in [0, 0.1) is 18.2 Å². The predicted molar refractivity (Wildman–Crippen MR) is 152 cm³/mol. The molecule has 7 rings (SSSR count). The summed E-state index contributed by atoms with van der Waals surface area (Å²) in [4.78, 5) is 25.4. The molecule has 1 aliphatic carbocycles. The molecule has 1 fully saturated rings. The van der Waals surface area contributed by atoms with Crippen molar-refractivity contribution in [3.63, 3.8) is 0 Å². The number of fused-ring (bicyclic) bond motifs is 1. The third-order valence-electron chi connectivity index (χ3n) is 8.37. The highest BCUT2D eigenvalue weighted by Gasteiger charge is 2.73. The zero-order chi connectivity index (χ0) is 29.4. The molecule has 42 heavy (non-hydrogen) atoms. The normalized spacial score (nSPS) is 23.9. The van der Waals surface area contributed by atoms with Gasteiger partial charge in [-0.1, -0.05) is 25.1 Å². The van der Waals surface area contributed by atoms with Crippen molar-refractivity contribution in [3.8, 4) is 11.5 Å². The van der Waals surface area contributed by atoms with Crippen molar-refractivity contribution >= 4 is 28.4 Å². The molecule has 0 radical (unpaired) electrons. The lowest BCUT2D eigenvalue weighted by Gasteiger charge is -2.21. The van der Waals surface area contributed by atoms with Crippen LogP contribution >= 0.6 is 11.8 Å². The first-order valence-corrected chi connectivity index (χ1v) is 14.6. The fraction of sp³-hybridized carbons (Fsp3) is 0.367. The van der Waals surface area contributed by atoms with Crippen molar-refractivity contribution in [2.24, 2.45) is 16.1 Å². The van der Waals surface area contributed by atoms with E-state index >= 15 is 0 Å². The lowest BCUT2D eigenvalue weighted by molar-refractivity contribution is 0.0778. The number of rotatable bonds is 8. The van der Waals surface area contributed by atoms with Gasteiger partial charge in [-0.15, -0.1) is 22.0 Å². The number of aromatic nitrogens is 3. The zero-order valence-electron chi connectivity index (χ0n) is 23.0. The molecule has 8 nitrogen and oxygen atoms in total. The molecule has 216 valence electrons. The monoisotopic (exact) mass is 592 g/mol. The van der Waals surface area contributed by atoms with Crippen LogP contribution in [0.1, 0.15) is 58.5 Å². The van der Waals surface area contributed by atoms with Crippen molar-refractivity contribution < 1.29 is 22.4 Å². The highest BCUT2D eigenvalue weighted by molar-refractivity contribution is 8.11. The number of halogens is 3. The summed E-state index contributed by atoms with van der Waals surface area (Å²) in [5, 5.41) is 8.37. The Balaban J connectivity index is 1.42. The molecule has 1 aromatic carbocycles. The molecule has 0 bridgehead atoms. The van der Waals surface area contributed by atoms with Gasteiger partial charge in [0.15, 0.2) is 0 Å². The Hall–Kier alpha value is -3.93. The molecule has 0 spiro atoms. The molecule has 2 unspecified atom stereocenters. The van der Waals surface area contributed by atoms with E-state index in [1.54, 1.807) is 24.0 Å². The molecule has 5 heterocycles. The van der Waals surface area contributed by atoms with Crippen LogP contribution in [0.2, 0.25) is 0 Å². The minimum atomic E-state index is -2.75. The molecule has 0 saturated heterocycles. The summed E-state index contributed by atoms with van der Waals surface area (Å²) in [6.07, 6.45) is 3.06. The van der Waals surface area contributed by atoms with Crippen LogP contribution < -0.4 is 5.73 Å². The zero-order valence-corrected chi connectivity index (χ0v) is 23.8. The number of aryl methyl sites for hydroxylation is 3. The van der Waals surface area contributed by atoms with E-state index in [1.165, 1.54) is 30.0 Å². The van der Waals surface area contributed by atoms with Crippen LogP contribution in [-0.2, 0) is 19.4 Å². The molecule has 2 atom stereocenters. The number of alkyl halides is 2. The van der Waals surface area contributed by atoms with Crippen molar-refractivity contribution in [3.05, 3.63) is 81.9 Å². The number of thioether (sulfide) groups is 1. The number of amidine groups is 1. The van der Waals surface area contributed by atoms with Gasteiger partial charge in [-0.25, -0.2) is 18.2 Å². The Labute approximate surface area is 244 Å². The number of amides is 1. The van der Waals surface area contributed by atoms with Gasteiger partial charge in [0, 0.05) is 29.4 Å². The number of nitrogens with zero attached hydrogens (tertiary/aromatic N) is 5. The van der Waals surface area contributed by atoms with E-state index in [1.807, 2.05) is 13.0 Å². The van der Waals surface area contributed by atoms with Gasteiger partial charge in [0.25, 0.3) is 12.3 Å². The predicted octanol–water partition coefficient (Wildman–Crippen LogP) is 5.47. The maximum Gasteiger partial charge on any atom is 0.280 e. The van der Waals surface area contributed by atoms with Gasteiger partial charge < -0.3 is 15.1 Å². The third kappa shape index (κ3) is 4.02. The number of carbonyl (C=O) groups excluding carboxylic acids is 1. The SMILES string of the molecule is CCCN1Cc2nc(CCc3ccc(F)cc3)c(-c3nnc(C)o3)c(C3=CC45C=C(C(F)F)N=C(N)C4(C5)S3)c2C1=O. The highest BCUT2D eigenvalue weighted by Crippen LogP contribution is 2.76.